The summed E-state index contributed by atoms with van der Waals surface area (Å²) in [6.07, 6.45) is 7.93. The third-order valence-electron chi connectivity index (χ3n) is 6.42. The van der Waals surface area contributed by atoms with Gasteiger partial charge in [0, 0.05) is 12.0 Å². The number of hydrogen-bond acceptors (Lipinski definition) is 2. The Hall–Kier alpha value is -3.52. The topological polar surface area (TPSA) is 34.1 Å². The van der Waals surface area contributed by atoms with Gasteiger partial charge in [-0.1, -0.05) is 116 Å². The lowest BCUT2D eigenvalue weighted by atomic mass is 9.54. The summed E-state index contributed by atoms with van der Waals surface area (Å²) < 4.78 is 0. The van der Waals surface area contributed by atoms with Gasteiger partial charge in [-0.15, -0.1) is 0 Å². The standard InChI is InChI=1S/C29H26O2/c1-3-26(30)29(23-16-8-5-9-17-23)21-13-12-20-28(29,2)27(31)25-19-11-10-18-24(25)22-14-6-4-7-15-22/h4-21H,3H2,1-2H3. The molecule has 0 bridgehead atoms. The van der Waals surface area contributed by atoms with E-state index in [1.54, 1.807) is 0 Å². The normalized spacial score (nSPS) is 22.3. The van der Waals surface area contributed by atoms with E-state index in [9.17, 15) is 9.59 Å². The second kappa shape index (κ2) is 8.31. The minimum atomic E-state index is -1.06. The Balaban J connectivity index is 1.94. The number of benzene rings is 3. The summed E-state index contributed by atoms with van der Waals surface area (Å²) in [6, 6.07) is 27.3. The molecule has 0 heterocycles. The summed E-state index contributed by atoms with van der Waals surface area (Å²) in [7, 11) is 0. The van der Waals surface area contributed by atoms with Crippen molar-refractivity contribution in [3.8, 4) is 11.1 Å². The summed E-state index contributed by atoms with van der Waals surface area (Å²) >= 11 is 0. The van der Waals surface area contributed by atoms with E-state index in [0.29, 0.717) is 12.0 Å². The van der Waals surface area contributed by atoms with Gasteiger partial charge in [-0.25, -0.2) is 0 Å². The Kier molecular flexibility index (Phi) is 5.56. The lowest BCUT2D eigenvalue weighted by molar-refractivity contribution is -0.125. The van der Waals surface area contributed by atoms with Crippen LogP contribution in [0.4, 0.5) is 0 Å². The highest BCUT2D eigenvalue weighted by atomic mass is 16.1. The predicted octanol–water partition coefficient (Wildman–Crippen LogP) is 6.59. The number of carbonyl (C=O) groups excluding carboxylic acids is 2. The van der Waals surface area contributed by atoms with Crippen molar-refractivity contribution >= 4 is 11.6 Å². The molecule has 3 aromatic carbocycles. The van der Waals surface area contributed by atoms with Gasteiger partial charge in [-0.2, -0.15) is 0 Å². The highest BCUT2D eigenvalue weighted by Crippen LogP contribution is 2.50. The number of allylic oxidation sites excluding steroid dienone is 4. The first kappa shape index (κ1) is 20.7. The fourth-order valence-corrected chi connectivity index (χ4v) is 4.76. The molecule has 0 N–H and O–H groups in total. The van der Waals surface area contributed by atoms with Gasteiger partial charge in [0.2, 0.25) is 0 Å². The van der Waals surface area contributed by atoms with Crippen LogP contribution < -0.4 is 0 Å². The molecule has 4 rings (SSSR count). The lowest BCUT2D eigenvalue weighted by Crippen LogP contribution is -2.53. The fourth-order valence-electron chi connectivity index (χ4n) is 4.76. The molecular formula is C29H26O2. The monoisotopic (exact) mass is 406 g/mol. The van der Waals surface area contributed by atoms with Crippen LogP contribution in [0.3, 0.4) is 0 Å². The van der Waals surface area contributed by atoms with Gasteiger partial charge in [0.1, 0.15) is 5.78 Å². The van der Waals surface area contributed by atoms with E-state index < -0.39 is 10.8 Å². The molecule has 0 aliphatic heterocycles. The molecular weight excluding hydrogens is 380 g/mol. The Morgan fingerprint density at radius 2 is 1.32 bits per heavy atom. The molecule has 0 aromatic heterocycles. The van der Waals surface area contributed by atoms with Crippen molar-refractivity contribution in [2.45, 2.75) is 25.7 Å². The van der Waals surface area contributed by atoms with Crippen LogP contribution in [-0.4, -0.2) is 11.6 Å². The lowest BCUT2D eigenvalue weighted by Gasteiger charge is -2.45. The third-order valence-corrected chi connectivity index (χ3v) is 6.42. The molecule has 0 spiro atoms. The molecule has 2 atom stereocenters. The van der Waals surface area contributed by atoms with E-state index >= 15 is 0 Å². The van der Waals surface area contributed by atoms with Gasteiger partial charge in [0.25, 0.3) is 0 Å². The van der Waals surface area contributed by atoms with Crippen molar-refractivity contribution in [1.29, 1.82) is 0 Å². The summed E-state index contributed by atoms with van der Waals surface area (Å²) in [5.41, 5.74) is 1.22. The Labute approximate surface area is 183 Å². The Bertz CT molecular complexity index is 1160. The summed E-state index contributed by atoms with van der Waals surface area (Å²) in [5, 5.41) is 0. The zero-order chi connectivity index (χ0) is 21.9. The van der Waals surface area contributed by atoms with Crippen molar-refractivity contribution in [2.75, 3.05) is 0 Å². The van der Waals surface area contributed by atoms with Gasteiger partial charge in [-0.05, 0) is 23.6 Å². The number of hydrogen-bond donors (Lipinski definition) is 0. The summed E-state index contributed by atoms with van der Waals surface area (Å²) in [5.74, 6) is -0.0226. The minimum absolute atomic E-state index is 0.0346. The van der Waals surface area contributed by atoms with Gasteiger partial charge >= 0.3 is 0 Å². The zero-order valence-electron chi connectivity index (χ0n) is 17.9. The molecule has 154 valence electrons. The molecule has 0 fully saturated rings. The predicted molar refractivity (Wildman–Crippen MR) is 126 cm³/mol. The molecule has 2 nitrogen and oxygen atoms in total. The maximum atomic E-state index is 14.3. The minimum Gasteiger partial charge on any atom is -0.298 e. The van der Waals surface area contributed by atoms with Crippen LogP contribution in [0.25, 0.3) is 11.1 Å². The average Bonchev–Trinajstić information content (AvgIpc) is 2.84. The molecule has 0 amide bonds. The third kappa shape index (κ3) is 3.29. The average molecular weight is 407 g/mol. The SMILES string of the molecule is CCC(=O)C1(c2ccccc2)C=CC=CC1(C)C(=O)c1ccccc1-c1ccccc1. The smallest absolute Gasteiger partial charge is 0.174 e. The molecule has 2 heteroatoms. The van der Waals surface area contributed by atoms with Crippen LogP contribution in [0, 0.1) is 5.41 Å². The molecule has 1 aliphatic carbocycles. The Morgan fingerprint density at radius 1 is 0.742 bits per heavy atom. The summed E-state index contributed by atoms with van der Waals surface area (Å²) in [4.78, 5) is 27.8. The Morgan fingerprint density at radius 3 is 2.00 bits per heavy atom. The van der Waals surface area contributed by atoms with E-state index in [4.69, 9.17) is 0 Å². The second-order valence-electron chi connectivity index (χ2n) is 8.11. The van der Waals surface area contributed by atoms with Gasteiger partial charge in [0.15, 0.2) is 5.78 Å². The van der Waals surface area contributed by atoms with Crippen LogP contribution in [0.5, 0.6) is 0 Å². The first-order chi connectivity index (χ1) is 15.0. The molecule has 1 aliphatic rings. The van der Waals surface area contributed by atoms with E-state index in [1.165, 1.54) is 0 Å². The van der Waals surface area contributed by atoms with Gasteiger partial charge in [-0.3, -0.25) is 9.59 Å². The van der Waals surface area contributed by atoms with Gasteiger partial charge in [0.05, 0.1) is 10.8 Å². The van der Waals surface area contributed by atoms with E-state index in [0.717, 1.165) is 16.7 Å². The van der Waals surface area contributed by atoms with Crippen LogP contribution in [0.1, 0.15) is 36.2 Å². The zero-order valence-corrected chi connectivity index (χ0v) is 17.9. The molecule has 2 unspecified atom stereocenters. The number of ketones is 2. The molecule has 0 saturated carbocycles. The van der Waals surface area contributed by atoms with Crippen molar-refractivity contribution in [2.24, 2.45) is 5.41 Å². The molecule has 0 saturated heterocycles. The highest BCUT2D eigenvalue weighted by molar-refractivity contribution is 6.12. The highest BCUT2D eigenvalue weighted by Gasteiger charge is 2.56. The molecule has 0 radical (unpaired) electrons. The number of carbonyl (C=O) groups is 2. The maximum Gasteiger partial charge on any atom is 0.174 e. The quantitative estimate of drug-likeness (QED) is 0.433. The summed E-state index contributed by atoms with van der Waals surface area (Å²) in [6.45, 7) is 3.76. The van der Waals surface area contributed by atoms with E-state index in [2.05, 4.69) is 0 Å². The van der Waals surface area contributed by atoms with Crippen molar-refractivity contribution < 1.29 is 9.59 Å². The van der Waals surface area contributed by atoms with E-state index in [-0.39, 0.29) is 11.6 Å². The van der Waals surface area contributed by atoms with Crippen LogP contribution >= 0.6 is 0 Å². The second-order valence-corrected chi connectivity index (χ2v) is 8.11. The maximum absolute atomic E-state index is 14.3. The largest absolute Gasteiger partial charge is 0.298 e. The first-order valence-corrected chi connectivity index (χ1v) is 10.7. The van der Waals surface area contributed by atoms with E-state index in [1.807, 2.05) is 123 Å². The number of rotatable bonds is 6. The van der Waals surface area contributed by atoms with Crippen molar-refractivity contribution in [1.82, 2.24) is 0 Å². The van der Waals surface area contributed by atoms with Crippen molar-refractivity contribution in [3.05, 3.63) is 120 Å². The van der Waals surface area contributed by atoms with Gasteiger partial charge < -0.3 is 0 Å². The van der Waals surface area contributed by atoms with Crippen LogP contribution in [-0.2, 0) is 10.2 Å². The fraction of sp³-hybridized carbons (Fsp3) is 0.172. The van der Waals surface area contributed by atoms with Crippen LogP contribution in [0.15, 0.2) is 109 Å². The molecule has 3 aromatic rings. The van der Waals surface area contributed by atoms with Crippen LogP contribution in [0.2, 0.25) is 0 Å². The van der Waals surface area contributed by atoms with Crippen molar-refractivity contribution in [3.63, 3.8) is 0 Å². The first-order valence-electron chi connectivity index (χ1n) is 10.7. The number of Topliss-reactive ketones (excluding diaryl/α,β-unsaturated/α-hetero) is 2. The molecule has 31 heavy (non-hydrogen) atoms.